The summed E-state index contributed by atoms with van der Waals surface area (Å²) in [5.74, 6) is -0.157. The second kappa shape index (κ2) is 7.99. The molecule has 0 heterocycles. The topological polar surface area (TPSA) is 29.1 Å². The molecule has 2 aromatic rings. The van der Waals surface area contributed by atoms with Crippen molar-refractivity contribution in [2.45, 2.75) is 31.2 Å². The zero-order valence-electron chi connectivity index (χ0n) is 12.8. The molecule has 0 aliphatic heterocycles. The second-order valence-electron chi connectivity index (χ2n) is 5.16. The van der Waals surface area contributed by atoms with E-state index in [2.05, 4.69) is 5.32 Å². The molecule has 1 amide bonds. The smallest absolute Gasteiger partial charge is 0.230 e. The van der Waals surface area contributed by atoms with E-state index in [9.17, 15) is 9.18 Å². The highest BCUT2D eigenvalue weighted by Crippen LogP contribution is 2.22. The SMILES string of the molecule is CCC(NC(=O)CSc1ccccc1F)c1ccc(C)cc1. The Kier molecular flexibility index (Phi) is 6.01. The minimum absolute atomic E-state index is 0.00526. The summed E-state index contributed by atoms with van der Waals surface area (Å²) in [7, 11) is 0. The Morgan fingerprint density at radius 1 is 1.18 bits per heavy atom. The van der Waals surface area contributed by atoms with Crippen LogP contribution in [0.2, 0.25) is 0 Å². The second-order valence-corrected chi connectivity index (χ2v) is 6.18. The van der Waals surface area contributed by atoms with Gasteiger partial charge in [-0.05, 0) is 31.0 Å². The van der Waals surface area contributed by atoms with Crippen LogP contribution in [-0.2, 0) is 4.79 Å². The van der Waals surface area contributed by atoms with Crippen LogP contribution in [0.1, 0.15) is 30.5 Å². The molecule has 4 heteroatoms. The molecule has 0 saturated carbocycles. The first-order valence-electron chi connectivity index (χ1n) is 7.33. The number of carbonyl (C=O) groups is 1. The van der Waals surface area contributed by atoms with Gasteiger partial charge in [0.05, 0.1) is 11.8 Å². The van der Waals surface area contributed by atoms with Gasteiger partial charge in [-0.15, -0.1) is 11.8 Å². The Balaban J connectivity index is 1.92. The lowest BCUT2D eigenvalue weighted by atomic mass is 10.0. The molecule has 0 fully saturated rings. The molecule has 2 nitrogen and oxygen atoms in total. The summed E-state index contributed by atoms with van der Waals surface area (Å²) < 4.78 is 13.5. The molecule has 22 heavy (non-hydrogen) atoms. The van der Waals surface area contributed by atoms with Crippen LogP contribution in [0, 0.1) is 12.7 Å². The molecule has 0 bridgehead atoms. The Morgan fingerprint density at radius 2 is 1.86 bits per heavy atom. The van der Waals surface area contributed by atoms with E-state index in [-0.39, 0.29) is 23.5 Å². The van der Waals surface area contributed by atoms with Crippen LogP contribution >= 0.6 is 11.8 Å². The number of nitrogens with one attached hydrogen (secondary N) is 1. The standard InChI is InChI=1S/C18H20FNOS/c1-3-16(14-10-8-13(2)9-11-14)20-18(21)12-22-17-7-5-4-6-15(17)19/h4-11,16H,3,12H2,1-2H3,(H,20,21). The van der Waals surface area contributed by atoms with Crippen LogP contribution in [0.4, 0.5) is 4.39 Å². The minimum atomic E-state index is -0.286. The van der Waals surface area contributed by atoms with Crippen LogP contribution in [0.15, 0.2) is 53.4 Å². The number of halogens is 1. The van der Waals surface area contributed by atoms with E-state index in [1.165, 1.54) is 23.4 Å². The average Bonchev–Trinajstić information content (AvgIpc) is 2.53. The summed E-state index contributed by atoms with van der Waals surface area (Å²) in [6, 6.07) is 14.6. The predicted octanol–water partition coefficient (Wildman–Crippen LogP) is 4.49. The maximum Gasteiger partial charge on any atom is 0.230 e. The van der Waals surface area contributed by atoms with Crippen molar-refractivity contribution in [3.63, 3.8) is 0 Å². The fourth-order valence-electron chi connectivity index (χ4n) is 2.16. The maximum absolute atomic E-state index is 13.5. The van der Waals surface area contributed by atoms with Crippen molar-refractivity contribution < 1.29 is 9.18 Å². The lowest BCUT2D eigenvalue weighted by Crippen LogP contribution is -2.29. The molecule has 1 N–H and O–H groups in total. The Morgan fingerprint density at radius 3 is 2.50 bits per heavy atom. The maximum atomic E-state index is 13.5. The largest absolute Gasteiger partial charge is 0.349 e. The third-order valence-corrected chi connectivity index (χ3v) is 4.47. The number of benzene rings is 2. The average molecular weight is 317 g/mol. The molecular weight excluding hydrogens is 297 g/mol. The Bertz CT molecular complexity index is 627. The van der Waals surface area contributed by atoms with Crippen molar-refractivity contribution in [3.05, 3.63) is 65.5 Å². The summed E-state index contributed by atoms with van der Waals surface area (Å²) in [5, 5.41) is 3.01. The molecule has 1 unspecified atom stereocenters. The summed E-state index contributed by atoms with van der Waals surface area (Å²) in [6.07, 6.45) is 0.819. The van der Waals surface area contributed by atoms with E-state index in [0.717, 1.165) is 12.0 Å². The number of aryl methyl sites for hydroxylation is 1. The molecule has 2 aromatic carbocycles. The third kappa shape index (κ3) is 4.60. The van der Waals surface area contributed by atoms with Crippen LogP contribution < -0.4 is 5.32 Å². The van der Waals surface area contributed by atoms with E-state index in [0.29, 0.717) is 4.90 Å². The van der Waals surface area contributed by atoms with Gasteiger partial charge in [-0.2, -0.15) is 0 Å². The van der Waals surface area contributed by atoms with Gasteiger partial charge in [-0.1, -0.05) is 48.9 Å². The van der Waals surface area contributed by atoms with Crippen LogP contribution in [0.25, 0.3) is 0 Å². The number of rotatable bonds is 6. The van der Waals surface area contributed by atoms with Crippen molar-refractivity contribution in [3.8, 4) is 0 Å². The van der Waals surface area contributed by atoms with E-state index in [1.807, 2.05) is 38.1 Å². The van der Waals surface area contributed by atoms with Crippen LogP contribution in [0.5, 0.6) is 0 Å². The molecule has 116 valence electrons. The Hall–Kier alpha value is -1.81. The zero-order valence-corrected chi connectivity index (χ0v) is 13.6. The lowest BCUT2D eigenvalue weighted by molar-refractivity contribution is -0.119. The van der Waals surface area contributed by atoms with E-state index in [1.54, 1.807) is 18.2 Å². The van der Waals surface area contributed by atoms with Gasteiger partial charge < -0.3 is 5.32 Å². The zero-order chi connectivity index (χ0) is 15.9. The summed E-state index contributed by atoms with van der Waals surface area (Å²) in [5.41, 5.74) is 2.29. The minimum Gasteiger partial charge on any atom is -0.349 e. The van der Waals surface area contributed by atoms with Gasteiger partial charge in [0.25, 0.3) is 0 Å². The first-order valence-corrected chi connectivity index (χ1v) is 8.32. The number of thioether (sulfide) groups is 1. The first-order chi connectivity index (χ1) is 10.6. The fourth-order valence-corrected chi connectivity index (χ4v) is 2.91. The van der Waals surface area contributed by atoms with Crippen molar-refractivity contribution in [2.75, 3.05) is 5.75 Å². The number of hydrogen-bond acceptors (Lipinski definition) is 2. The monoisotopic (exact) mass is 317 g/mol. The first kappa shape index (κ1) is 16.6. The highest BCUT2D eigenvalue weighted by atomic mass is 32.2. The quantitative estimate of drug-likeness (QED) is 0.795. The van der Waals surface area contributed by atoms with Crippen molar-refractivity contribution in [1.82, 2.24) is 5.32 Å². The van der Waals surface area contributed by atoms with Gasteiger partial charge in [-0.25, -0.2) is 4.39 Å². The summed E-state index contributed by atoms with van der Waals surface area (Å²) in [6.45, 7) is 4.07. The van der Waals surface area contributed by atoms with Crippen LogP contribution in [0.3, 0.4) is 0 Å². The molecule has 0 spiro atoms. The van der Waals surface area contributed by atoms with Gasteiger partial charge in [0, 0.05) is 4.90 Å². The highest BCUT2D eigenvalue weighted by Gasteiger charge is 2.13. The predicted molar refractivity (Wildman–Crippen MR) is 89.5 cm³/mol. The lowest BCUT2D eigenvalue weighted by Gasteiger charge is -2.17. The van der Waals surface area contributed by atoms with Crippen molar-refractivity contribution >= 4 is 17.7 Å². The number of carbonyl (C=O) groups excluding carboxylic acids is 1. The van der Waals surface area contributed by atoms with Gasteiger partial charge in [0.2, 0.25) is 5.91 Å². The number of amides is 1. The van der Waals surface area contributed by atoms with Gasteiger partial charge in [0.1, 0.15) is 5.82 Å². The van der Waals surface area contributed by atoms with Gasteiger partial charge >= 0.3 is 0 Å². The molecule has 2 rings (SSSR count). The molecule has 1 atom stereocenters. The van der Waals surface area contributed by atoms with Crippen molar-refractivity contribution in [2.24, 2.45) is 0 Å². The van der Waals surface area contributed by atoms with Crippen LogP contribution in [-0.4, -0.2) is 11.7 Å². The van der Waals surface area contributed by atoms with E-state index < -0.39 is 0 Å². The molecule has 0 aliphatic carbocycles. The van der Waals surface area contributed by atoms with Gasteiger partial charge in [-0.3, -0.25) is 4.79 Å². The number of hydrogen-bond donors (Lipinski definition) is 1. The molecule has 0 aromatic heterocycles. The highest BCUT2D eigenvalue weighted by molar-refractivity contribution is 8.00. The van der Waals surface area contributed by atoms with E-state index >= 15 is 0 Å². The molecule has 0 radical (unpaired) electrons. The molecular formula is C18H20FNOS. The van der Waals surface area contributed by atoms with E-state index in [4.69, 9.17) is 0 Å². The fraction of sp³-hybridized carbons (Fsp3) is 0.278. The summed E-state index contributed by atoms with van der Waals surface area (Å²) >= 11 is 1.22. The third-order valence-electron chi connectivity index (χ3n) is 3.42. The Labute approximate surface area is 135 Å². The van der Waals surface area contributed by atoms with Gasteiger partial charge in [0.15, 0.2) is 0 Å². The summed E-state index contributed by atoms with van der Waals surface area (Å²) in [4.78, 5) is 12.6. The molecule has 0 saturated heterocycles. The molecule has 0 aliphatic rings. The van der Waals surface area contributed by atoms with Crippen molar-refractivity contribution in [1.29, 1.82) is 0 Å². The normalized spacial score (nSPS) is 12.0.